The van der Waals surface area contributed by atoms with Crippen molar-refractivity contribution in [2.75, 3.05) is 13.1 Å². The Hall–Kier alpha value is -2.00. The van der Waals surface area contributed by atoms with Gasteiger partial charge in [-0.25, -0.2) is 13.1 Å². The number of aromatic nitrogens is 2. The number of nitrogens with one attached hydrogen (secondary N) is 1. The molecule has 0 unspecified atom stereocenters. The molecule has 2 aromatic rings. The van der Waals surface area contributed by atoms with Gasteiger partial charge < -0.3 is 0 Å². The van der Waals surface area contributed by atoms with Gasteiger partial charge in [0, 0.05) is 28.9 Å². The molecule has 0 amide bonds. The van der Waals surface area contributed by atoms with E-state index in [2.05, 4.69) is 24.3 Å². The molecule has 8 nitrogen and oxygen atoms in total. The molecule has 0 radical (unpaired) electrons. The molecule has 1 heterocycles. The van der Waals surface area contributed by atoms with E-state index in [1.165, 1.54) is 23.7 Å². The smallest absolute Gasteiger partial charge is 0.211 e. The molecule has 2 rings (SSSR count). The van der Waals surface area contributed by atoms with Gasteiger partial charge in [0.15, 0.2) is 0 Å². The van der Waals surface area contributed by atoms with Crippen molar-refractivity contribution in [2.45, 2.75) is 11.3 Å². The fourth-order valence-corrected chi connectivity index (χ4v) is 3.12. The van der Waals surface area contributed by atoms with Gasteiger partial charge in [0.1, 0.15) is 5.69 Å². The summed E-state index contributed by atoms with van der Waals surface area (Å²) in [6.07, 6.45) is 0.450. The Morgan fingerprint density at radius 2 is 2.10 bits per heavy atom. The van der Waals surface area contributed by atoms with Gasteiger partial charge in [-0.2, -0.15) is 0 Å². The molecule has 0 saturated heterocycles. The van der Waals surface area contributed by atoms with Crippen LogP contribution in [0.25, 0.3) is 21.7 Å². The summed E-state index contributed by atoms with van der Waals surface area (Å²) in [6, 6.07) is 6.41. The second-order valence-corrected chi connectivity index (χ2v) is 6.40. The highest BCUT2D eigenvalue weighted by atomic mass is 32.2. The zero-order chi connectivity index (χ0) is 15.1. The van der Waals surface area contributed by atoms with Crippen LogP contribution in [0.1, 0.15) is 6.42 Å². The van der Waals surface area contributed by atoms with Crippen molar-refractivity contribution in [3.63, 3.8) is 0 Å². The van der Waals surface area contributed by atoms with Crippen LogP contribution in [0, 0.1) is 0 Å². The van der Waals surface area contributed by atoms with Crippen LogP contribution < -0.4 is 4.72 Å². The summed E-state index contributed by atoms with van der Waals surface area (Å²) in [7, 11) is -3.55. The number of sulfonamides is 1. The Labute approximate surface area is 125 Å². The summed E-state index contributed by atoms with van der Waals surface area (Å²) in [6.45, 7) is 0.480. The molecule has 0 atom stereocenters. The highest BCUT2D eigenvalue weighted by Crippen LogP contribution is 2.19. The van der Waals surface area contributed by atoms with Crippen molar-refractivity contribution in [3.8, 4) is 11.3 Å². The minimum Gasteiger partial charge on any atom is -0.211 e. The fraction of sp³-hybridized carbons (Fsp3) is 0.273. The average molecular weight is 324 g/mol. The van der Waals surface area contributed by atoms with Gasteiger partial charge in [-0.15, -0.1) is 5.10 Å². The maximum Gasteiger partial charge on any atom is 0.240 e. The lowest BCUT2D eigenvalue weighted by atomic mass is 10.2. The topological polar surface area (TPSA) is 121 Å². The van der Waals surface area contributed by atoms with Gasteiger partial charge in [-0.3, -0.25) is 0 Å². The zero-order valence-corrected chi connectivity index (χ0v) is 12.5. The maximum atomic E-state index is 12.0. The molecular weight excluding hydrogens is 312 g/mol. The molecule has 21 heavy (non-hydrogen) atoms. The summed E-state index contributed by atoms with van der Waals surface area (Å²) in [5.74, 6) is 0. The van der Waals surface area contributed by atoms with Crippen molar-refractivity contribution >= 4 is 21.6 Å². The van der Waals surface area contributed by atoms with Gasteiger partial charge in [0.25, 0.3) is 0 Å². The number of hydrogen-bond acceptors (Lipinski definition) is 6. The lowest BCUT2D eigenvalue weighted by Crippen LogP contribution is -2.25. The molecule has 0 aliphatic carbocycles. The summed E-state index contributed by atoms with van der Waals surface area (Å²) in [5.41, 5.74) is 9.64. The van der Waals surface area contributed by atoms with Crippen LogP contribution in [0.4, 0.5) is 0 Å². The van der Waals surface area contributed by atoms with E-state index in [9.17, 15) is 8.42 Å². The van der Waals surface area contributed by atoms with Crippen LogP contribution in [-0.2, 0) is 10.0 Å². The van der Waals surface area contributed by atoms with E-state index in [1.807, 2.05) is 0 Å². The van der Waals surface area contributed by atoms with Crippen LogP contribution >= 0.6 is 11.5 Å². The van der Waals surface area contributed by atoms with Gasteiger partial charge in [0.05, 0.1) is 4.90 Å². The van der Waals surface area contributed by atoms with E-state index in [1.54, 1.807) is 17.5 Å². The van der Waals surface area contributed by atoms with Gasteiger partial charge in [0.2, 0.25) is 10.0 Å². The highest BCUT2D eigenvalue weighted by Gasteiger charge is 2.13. The second-order valence-electron chi connectivity index (χ2n) is 4.02. The van der Waals surface area contributed by atoms with Crippen molar-refractivity contribution in [1.82, 2.24) is 14.3 Å². The van der Waals surface area contributed by atoms with Crippen molar-refractivity contribution in [1.29, 1.82) is 0 Å². The molecule has 0 bridgehead atoms. The first-order chi connectivity index (χ1) is 10.1. The first kappa shape index (κ1) is 15.4. The molecule has 0 aliphatic heterocycles. The van der Waals surface area contributed by atoms with Crippen LogP contribution in [0.15, 0.2) is 39.7 Å². The number of nitrogens with zero attached hydrogens (tertiary/aromatic N) is 5. The maximum absolute atomic E-state index is 12.0. The van der Waals surface area contributed by atoms with Crippen LogP contribution in [-0.4, -0.2) is 31.1 Å². The molecule has 0 spiro atoms. The minimum atomic E-state index is -3.55. The summed E-state index contributed by atoms with van der Waals surface area (Å²) >= 11 is 1.24. The molecule has 110 valence electrons. The van der Waals surface area contributed by atoms with E-state index in [0.717, 1.165) is 5.56 Å². The van der Waals surface area contributed by atoms with E-state index in [-0.39, 0.29) is 18.0 Å². The molecule has 0 saturated carbocycles. The zero-order valence-electron chi connectivity index (χ0n) is 10.9. The van der Waals surface area contributed by atoms with Crippen LogP contribution in [0.2, 0.25) is 0 Å². The SMILES string of the molecule is [N-]=[N+]=NCCCNS(=O)(=O)c1ccc(-c2csnn2)cc1. The lowest BCUT2D eigenvalue weighted by molar-refractivity contribution is 0.579. The van der Waals surface area contributed by atoms with Crippen LogP contribution in [0.3, 0.4) is 0 Å². The number of benzene rings is 1. The monoisotopic (exact) mass is 324 g/mol. The number of azide groups is 1. The van der Waals surface area contributed by atoms with Gasteiger partial charge in [-0.05, 0) is 35.6 Å². The molecule has 1 aromatic heterocycles. The minimum absolute atomic E-state index is 0.179. The van der Waals surface area contributed by atoms with Crippen molar-refractivity contribution in [3.05, 3.63) is 40.1 Å². The largest absolute Gasteiger partial charge is 0.240 e. The molecule has 0 aliphatic rings. The van der Waals surface area contributed by atoms with Crippen molar-refractivity contribution in [2.24, 2.45) is 5.11 Å². The summed E-state index contributed by atoms with van der Waals surface area (Å²) in [4.78, 5) is 2.78. The number of hydrogen-bond donors (Lipinski definition) is 1. The first-order valence-corrected chi connectivity index (χ1v) is 8.33. The third kappa shape index (κ3) is 4.23. The standard InChI is InChI=1S/C11H12N6O2S2/c12-16-13-6-1-7-14-21(18,19)10-4-2-9(3-5-10)11-8-20-17-15-11/h2-5,8,14H,1,6-7H2. The van der Waals surface area contributed by atoms with E-state index < -0.39 is 10.0 Å². The third-order valence-corrected chi connectivity index (χ3v) is 4.59. The number of rotatable bonds is 7. The Morgan fingerprint density at radius 3 is 2.71 bits per heavy atom. The molecule has 10 heteroatoms. The van der Waals surface area contributed by atoms with Gasteiger partial charge >= 0.3 is 0 Å². The van der Waals surface area contributed by atoms with Crippen LogP contribution in [0.5, 0.6) is 0 Å². The molecule has 0 fully saturated rings. The predicted molar refractivity (Wildman–Crippen MR) is 79.2 cm³/mol. The lowest BCUT2D eigenvalue weighted by Gasteiger charge is -2.06. The Balaban J connectivity index is 2.01. The molecule has 1 aromatic carbocycles. The predicted octanol–water partition coefficient (Wildman–Crippen LogP) is 2.18. The van der Waals surface area contributed by atoms with Crippen molar-refractivity contribution < 1.29 is 8.42 Å². The second kappa shape index (κ2) is 7.14. The fourth-order valence-electron chi connectivity index (χ4n) is 1.58. The van der Waals surface area contributed by atoms with E-state index in [0.29, 0.717) is 12.1 Å². The van der Waals surface area contributed by atoms with E-state index in [4.69, 9.17) is 5.53 Å². The summed E-state index contributed by atoms with van der Waals surface area (Å²) in [5, 5.41) is 9.05. The molecular formula is C11H12N6O2S2. The average Bonchev–Trinajstić information content (AvgIpc) is 3.01. The normalized spacial score (nSPS) is 11.0. The van der Waals surface area contributed by atoms with E-state index >= 15 is 0 Å². The Kier molecular flexibility index (Phi) is 5.23. The summed E-state index contributed by atoms with van der Waals surface area (Å²) < 4.78 is 30.3. The Bertz CT molecular complexity index is 721. The molecule has 1 N–H and O–H groups in total. The van der Waals surface area contributed by atoms with Gasteiger partial charge in [-0.1, -0.05) is 21.7 Å². The quantitative estimate of drug-likeness (QED) is 0.363. The third-order valence-electron chi connectivity index (χ3n) is 2.61. The Morgan fingerprint density at radius 1 is 1.33 bits per heavy atom. The highest BCUT2D eigenvalue weighted by molar-refractivity contribution is 7.89. The first-order valence-electron chi connectivity index (χ1n) is 6.01.